The molecule has 102 valence electrons. The SMILES string of the molecule is Cn1cnc2c1N=C(Cl)CC=C2NC1CCCCC1. The molecule has 0 bridgehead atoms. The highest BCUT2D eigenvalue weighted by molar-refractivity contribution is 6.65. The molecule has 1 aliphatic carbocycles. The lowest BCUT2D eigenvalue weighted by Gasteiger charge is -2.24. The highest BCUT2D eigenvalue weighted by Crippen LogP contribution is 2.29. The molecule has 2 heterocycles. The van der Waals surface area contributed by atoms with Crippen LogP contribution in [0.5, 0.6) is 0 Å². The van der Waals surface area contributed by atoms with Crippen LogP contribution in [0.15, 0.2) is 17.4 Å². The molecule has 1 aliphatic heterocycles. The van der Waals surface area contributed by atoms with E-state index in [2.05, 4.69) is 21.4 Å². The zero-order valence-corrected chi connectivity index (χ0v) is 12.0. The van der Waals surface area contributed by atoms with Crippen molar-refractivity contribution in [2.45, 2.75) is 44.6 Å². The molecule has 0 saturated heterocycles. The van der Waals surface area contributed by atoms with E-state index in [0.717, 1.165) is 17.2 Å². The topological polar surface area (TPSA) is 42.2 Å². The summed E-state index contributed by atoms with van der Waals surface area (Å²) in [6, 6.07) is 0.562. The van der Waals surface area contributed by atoms with Gasteiger partial charge in [-0.15, -0.1) is 0 Å². The van der Waals surface area contributed by atoms with Crippen LogP contribution >= 0.6 is 11.6 Å². The highest BCUT2D eigenvalue weighted by Gasteiger charge is 2.20. The van der Waals surface area contributed by atoms with E-state index in [1.807, 2.05) is 11.6 Å². The van der Waals surface area contributed by atoms with Gasteiger partial charge >= 0.3 is 0 Å². The Morgan fingerprint density at radius 2 is 2.11 bits per heavy atom. The first-order chi connectivity index (χ1) is 9.24. The number of nitrogens with one attached hydrogen (secondary N) is 1. The summed E-state index contributed by atoms with van der Waals surface area (Å²) in [6.45, 7) is 0. The fraction of sp³-hybridized carbons (Fsp3) is 0.571. The molecule has 4 nitrogen and oxygen atoms in total. The number of allylic oxidation sites excluding steroid dienone is 1. The maximum Gasteiger partial charge on any atom is 0.162 e. The van der Waals surface area contributed by atoms with Gasteiger partial charge in [-0.05, 0) is 12.8 Å². The number of aryl methyl sites for hydroxylation is 1. The van der Waals surface area contributed by atoms with Crippen molar-refractivity contribution in [1.29, 1.82) is 0 Å². The fourth-order valence-electron chi connectivity index (χ4n) is 2.78. The van der Waals surface area contributed by atoms with Crippen molar-refractivity contribution >= 4 is 28.3 Å². The van der Waals surface area contributed by atoms with Crippen molar-refractivity contribution in [3.05, 3.63) is 18.1 Å². The standard InChI is InChI=1S/C14H19ClN4/c1-19-9-16-13-11(7-8-12(15)18-14(13)19)17-10-5-3-2-4-6-10/h7,9-10,17H,2-6,8H2,1H3. The highest BCUT2D eigenvalue weighted by atomic mass is 35.5. The van der Waals surface area contributed by atoms with Crippen molar-refractivity contribution in [3.63, 3.8) is 0 Å². The summed E-state index contributed by atoms with van der Waals surface area (Å²) < 4.78 is 1.92. The van der Waals surface area contributed by atoms with Gasteiger partial charge in [0, 0.05) is 19.5 Å². The van der Waals surface area contributed by atoms with E-state index in [0.29, 0.717) is 17.6 Å². The Kier molecular flexibility index (Phi) is 3.60. The Labute approximate surface area is 118 Å². The first kappa shape index (κ1) is 12.7. The van der Waals surface area contributed by atoms with Crippen molar-refractivity contribution < 1.29 is 0 Å². The minimum absolute atomic E-state index is 0.562. The molecule has 0 radical (unpaired) electrons. The molecule has 1 saturated carbocycles. The summed E-state index contributed by atoms with van der Waals surface area (Å²) >= 11 is 6.12. The average molecular weight is 279 g/mol. The van der Waals surface area contributed by atoms with Crippen LogP contribution in [0.25, 0.3) is 5.70 Å². The lowest BCUT2D eigenvalue weighted by atomic mass is 9.95. The monoisotopic (exact) mass is 278 g/mol. The maximum absolute atomic E-state index is 6.12. The van der Waals surface area contributed by atoms with Crippen LogP contribution in [0, 0.1) is 0 Å². The molecule has 1 N–H and O–H groups in total. The molecule has 0 atom stereocenters. The lowest BCUT2D eigenvalue weighted by molar-refractivity contribution is 0.408. The van der Waals surface area contributed by atoms with Crippen LogP contribution < -0.4 is 5.32 Å². The molecule has 2 aliphatic rings. The number of hydrogen-bond donors (Lipinski definition) is 1. The first-order valence-electron chi connectivity index (χ1n) is 6.95. The molecule has 0 spiro atoms. The van der Waals surface area contributed by atoms with Gasteiger partial charge in [-0.3, -0.25) is 0 Å². The van der Waals surface area contributed by atoms with Crippen molar-refractivity contribution in [2.75, 3.05) is 0 Å². The Bertz CT molecular complexity index is 524. The molecule has 1 aromatic rings. The van der Waals surface area contributed by atoms with Gasteiger partial charge in [0.2, 0.25) is 0 Å². The number of aromatic nitrogens is 2. The van der Waals surface area contributed by atoms with E-state index in [9.17, 15) is 0 Å². The Hall–Kier alpha value is -1.29. The van der Waals surface area contributed by atoms with Crippen LogP contribution in [0.4, 0.5) is 5.82 Å². The lowest BCUT2D eigenvalue weighted by Crippen LogP contribution is -2.29. The Morgan fingerprint density at radius 1 is 1.32 bits per heavy atom. The summed E-state index contributed by atoms with van der Waals surface area (Å²) in [4.78, 5) is 8.90. The van der Waals surface area contributed by atoms with E-state index in [1.54, 1.807) is 6.33 Å². The van der Waals surface area contributed by atoms with Gasteiger partial charge in [0.05, 0.1) is 12.0 Å². The van der Waals surface area contributed by atoms with Crippen molar-refractivity contribution in [3.8, 4) is 0 Å². The van der Waals surface area contributed by atoms with Gasteiger partial charge in [-0.2, -0.15) is 0 Å². The van der Waals surface area contributed by atoms with E-state index in [4.69, 9.17) is 11.6 Å². The molecular formula is C14H19ClN4. The van der Waals surface area contributed by atoms with E-state index >= 15 is 0 Å². The van der Waals surface area contributed by atoms with Crippen LogP contribution in [0.1, 0.15) is 44.2 Å². The molecule has 1 aromatic heterocycles. The molecule has 1 fully saturated rings. The van der Waals surface area contributed by atoms with Gasteiger partial charge in [0.25, 0.3) is 0 Å². The zero-order valence-electron chi connectivity index (χ0n) is 11.2. The van der Waals surface area contributed by atoms with Crippen molar-refractivity contribution in [1.82, 2.24) is 14.9 Å². The predicted octanol–water partition coefficient (Wildman–Crippen LogP) is 3.36. The van der Waals surface area contributed by atoms with Gasteiger partial charge in [0.15, 0.2) is 5.82 Å². The van der Waals surface area contributed by atoms with Crippen molar-refractivity contribution in [2.24, 2.45) is 12.0 Å². The van der Waals surface area contributed by atoms with Crippen LogP contribution in [0.2, 0.25) is 0 Å². The van der Waals surface area contributed by atoms with Crippen LogP contribution in [-0.4, -0.2) is 20.8 Å². The third-order valence-corrected chi connectivity index (χ3v) is 4.07. The van der Waals surface area contributed by atoms with Gasteiger partial charge in [-0.25, -0.2) is 9.98 Å². The molecule has 0 unspecified atom stereocenters. The number of hydrogen-bond acceptors (Lipinski definition) is 3. The minimum Gasteiger partial charge on any atom is -0.381 e. The minimum atomic E-state index is 0.562. The maximum atomic E-state index is 6.12. The predicted molar refractivity (Wildman–Crippen MR) is 78.8 cm³/mol. The summed E-state index contributed by atoms with van der Waals surface area (Å²) in [5, 5.41) is 4.26. The third-order valence-electron chi connectivity index (χ3n) is 3.83. The van der Waals surface area contributed by atoms with Gasteiger partial charge in [-0.1, -0.05) is 36.9 Å². The molecule has 5 heteroatoms. The quantitative estimate of drug-likeness (QED) is 0.901. The Morgan fingerprint density at radius 3 is 2.89 bits per heavy atom. The van der Waals surface area contributed by atoms with Crippen LogP contribution in [-0.2, 0) is 7.05 Å². The Balaban J connectivity index is 1.86. The van der Waals surface area contributed by atoms with E-state index in [-0.39, 0.29) is 0 Å². The largest absolute Gasteiger partial charge is 0.381 e. The zero-order chi connectivity index (χ0) is 13.2. The molecule has 3 rings (SSSR count). The second kappa shape index (κ2) is 5.37. The van der Waals surface area contributed by atoms with Crippen LogP contribution in [0.3, 0.4) is 0 Å². The summed E-state index contributed by atoms with van der Waals surface area (Å²) in [5.74, 6) is 0.844. The smallest absolute Gasteiger partial charge is 0.162 e. The summed E-state index contributed by atoms with van der Waals surface area (Å²) in [7, 11) is 1.95. The molecule has 0 amide bonds. The number of imidazole rings is 1. The third kappa shape index (κ3) is 2.68. The first-order valence-corrected chi connectivity index (χ1v) is 7.33. The fourth-order valence-corrected chi connectivity index (χ4v) is 2.94. The number of halogens is 1. The molecular weight excluding hydrogens is 260 g/mol. The molecule has 0 aromatic carbocycles. The van der Waals surface area contributed by atoms with Gasteiger partial charge < -0.3 is 9.88 Å². The van der Waals surface area contributed by atoms with Gasteiger partial charge in [0.1, 0.15) is 10.9 Å². The second-order valence-corrected chi connectivity index (χ2v) is 5.75. The van der Waals surface area contributed by atoms with E-state index in [1.165, 1.54) is 32.1 Å². The second-order valence-electron chi connectivity index (χ2n) is 5.32. The number of aliphatic imine (C=N–C) groups is 1. The number of nitrogens with zero attached hydrogens (tertiary/aromatic N) is 3. The summed E-state index contributed by atoms with van der Waals surface area (Å²) in [5.41, 5.74) is 2.01. The average Bonchev–Trinajstić information content (AvgIpc) is 2.69. The number of fused-ring (bicyclic) bond motifs is 1. The number of rotatable bonds is 2. The normalized spacial score (nSPS) is 20.3. The van der Waals surface area contributed by atoms with E-state index < -0.39 is 0 Å². The summed E-state index contributed by atoms with van der Waals surface area (Å²) in [6.07, 6.45) is 11.1. The molecule has 19 heavy (non-hydrogen) atoms.